The highest BCUT2D eigenvalue weighted by atomic mass is 16.6. The molecule has 2 aliphatic rings. The monoisotopic (exact) mass is 304 g/mol. The van der Waals surface area contributed by atoms with Crippen LogP contribution in [0.25, 0.3) is 5.57 Å². The first-order chi connectivity index (χ1) is 10.6. The Bertz CT molecular complexity index is 600. The first-order valence-electron chi connectivity index (χ1n) is 7.58. The minimum absolute atomic E-state index is 0.117. The lowest BCUT2D eigenvalue weighted by atomic mass is 9.95. The number of rotatable bonds is 4. The molecule has 1 atom stereocenters. The van der Waals surface area contributed by atoms with E-state index in [0.717, 1.165) is 30.5 Å². The SMILES string of the molecule is O=[N+]([O-])c1ccc(C2=CCOCC2)c(CN2CC[C@@H](O)C2)c1. The van der Waals surface area contributed by atoms with Crippen molar-refractivity contribution in [3.63, 3.8) is 0 Å². The highest BCUT2D eigenvalue weighted by Gasteiger charge is 2.23. The zero-order valence-corrected chi connectivity index (χ0v) is 12.4. The van der Waals surface area contributed by atoms with Crippen molar-refractivity contribution in [2.24, 2.45) is 0 Å². The van der Waals surface area contributed by atoms with Crippen molar-refractivity contribution in [1.29, 1.82) is 0 Å². The number of likely N-dealkylation sites (tertiary alicyclic amines) is 1. The van der Waals surface area contributed by atoms with Crippen molar-refractivity contribution in [1.82, 2.24) is 4.90 Å². The van der Waals surface area contributed by atoms with E-state index in [1.165, 1.54) is 5.57 Å². The summed E-state index contributed by atoms with van der Waals surface area (Å²) in [5.41, 5.74) is 3.33. The molecular formula is C16H20N2O4. The molecule has 0 saturated carbocycles. The van der Waals surface area contributed by atoms with Crippen LogP contribution in [-0.2, 0) is 11.3 Å². The van der Waals surface area contributed by atoms with E-state index >= 15 is 0 Å². The van der Waals surface area contributed by atoms with Gasteiger partial charge in [0.2, 0.25) is 0 Å². The van der Waals surface area contributed by atoms with Crippen molar-refractivity contribution in [2.45, 2.75) is 25.5 Å². The highest BCUT2D eigenvalue weighted by Crippen LogP contribution is 2.29. The van der Waals surface area contributed by atoms with E-state index in [-0.39, 0.29) is 16.7 Å². The van der Waals surface area contributed by atoms with E-state index < -0.39 is 0 Å². The average Bonchev–Trinajstić information content (AvgIpc) is 2.93. The van der Waals surface area contributed by atoms with E-state index in [1.807, 2.05) is 12.1 Å². The minimum atomic E-state index is -0.357. The standard InChI is InChI=1S/C16H20N2O4/c19-15-3-6-17(11-15)10-13-9-14(18(20)21)1-2-16(13)12-4-7-22-8-5-12/h1-2,4,9,15,19H,3,5-8,10-11H2/t15-/m1/s1. The number of non-ortho nitro benzene ring substituents is 1. The summed E-state index contributed by atoms with van der Waals surface area (Å²) in [6, 6.07) is 5.07. The summed E-state index contributed by atoms with van der Waals surface area (Å²) in [4.78, 5) is 12.8. The molecule has 1 saturated heterocycles. The molecule has 1 aromatic carbocycles. The Labute approximate surface area is 129 Å². The van der Waals surface area contributed by atoms with E-state index in [2.05, 4.69) is 4.90 Å². The molecule has 0 unspecified atom stereocenters. The maximum atomic E-state index is 11.0. The third kappa shape index (κ3) is 3.35. The average molecular weight is 304 g/mol. The summed E-state index contributed by atoms with van der Waals surface area (Å²) in [5, 5.41) is 20.7. The van der Waals surface area contributed by atoms with Crippen molar-refractivity contribution in [3.05, 3.63) is 45.5 Å². The molecule has 0 aromatic heterocycles. The molecule has 6 heteroatoms. The molecule has 6 nitrogen and oxygen atoms in total. The summed E-state index contributed by atoms with van der Waals surface area (Å²) in [7, 11) is 0. The number of hydrogen-bond acceptors (Lipinski definition) is 5. The zero-order chi connectivity index (χ0) is 15.5. The Balaban J connectivity index is 1.90. The van der Waals surface area contributed by atoms with Gasteiger partial charge in [0.25, 0.3) is 5.69 Å². The molecule has 22 heavy (non-hydrogen) atoms. The first-order valence-corrected chi connectivity index (χ1v) is 7.58. The van der Waals surface area contributed by atoms with Gasteiger partial charge in [0.1, 0.15) is 0 Å². The van der Waals surface area contributed by atoms with Gasteiger partial charge in [-0.25, -0.2) is 0 Å². The van der Waals surface area contributed by atoms with Crippen molar-refractivity contribution >= 4 is 11.3 Å². The number of nitrogens with zero attached hydrogens (tertiary/aromatic N) is 2. The number of ether oxygens (including phenoxy) is 1. The fraction of sp³-hybridized carbons (Fsp3) is 0.500. The van der Waals surface area contributed by atoms with Crippen LogP contribution in [0.15, 0.2) is 24.3 Å². The smallest absolute Gasteiger partial charge is 0.269 e. The summed E-state index contributed by atoms with van der Waals surface area (Å²) in [6.07, 6.45) is 3.35. The van der Waals surface area contributed by atoms with Gasteiger partial charge in [0.05, 0.1) is 24.2 Å². The van der Waals surface area contributed by atoms with Gasteiger partial charge in [-0.1, -0.05) is 6.08 Å². The van der Waals surface area contributed by atoms with Crippen molar-refractivity contribution < 1.29 is 14.8 Å². The molecule has 118 valence electrons. The van der Waals surface area contributed by atoms with Crippen LogP contribution in [0.2, 0.25) is 0 Å². The number of β-amino-alcohol motifs (C(OH)–C–C–N with tert-alkyl or cyclic N) is 1. The zero-order valence-electron chi connectivity index (χ0n) is 12.4. The third-order valence-electron chi connectivity index (χ3n) is 4.25. The molecule has 0 amide bonds. The molecular weight excluding hydrogens is 284 g/mol. The second-order valence-electron chi connectivity index (χ2n) is 5.83. The Morgan fingerprint density at radius 2 is 2.32 bits per heavy atom. The second kappa shape index (κ2) is 6.56. The molecule has 1 N–H and O–H groups in total. The summed E-state index contributed by atoms with van der Waals surface area (Å²) in [5.74, 6) is 0. The fourth-order valence-electron chi connectivity index (χ4n) is 3.11. The Hall–Kier alpha value is -1.76. The lowest BCUT2D eigenvalue weighted by Crippen LogP contribution is -2.22. The van der Waals surface area contributed by atoms with E-state index in [4.69, 9.17) is 4.74 Å². The minimum Gasteiger partial charge on any atom is -0.392 e. The lowest BCUT2D eigenvalue weighted by molar-refractivity contribution is -0.384. The van der Waals surface area contributed by atoms with Crippen LogP contribution in [0.5, 0.6) is 0 Å². The van der Waals surface area contributed by atoms with Crippen LogP contribution >= 0.6 is 0 Å². The van der Waals surface area contributed by atoms with E-state index in [1.54, 1.807) is 12.1 Å². The second-order valence-corrected chi connectivity index (χ2v) is 5.83. The first kappa shape index (κ1) is 15.1. The quantitative estimate of drug-likeness (QED) is 0.680. The third-order valence-corrected chi connectivity index (χ3v) is 4.25. The molecule has 1 fully saturated rings. The molecule has 0 radical (unpaired) electrons. The molecule has 3 rings (SSSR count). The fourth-order valence-corrected chi connectivity index (χ4v) is 3.11. The maximum Gasteiger partial charge on any atom is 0.269 e. The van der Waals surface area contributed by atoms with E-state index in [0.29, 0.717) is 26.3 Å². The molecule has 1 aromatic rings. The van der Waals surface area contributed by atoms with Crippen LogP contribution in [-0.4, -0.2) is 47.3 Å². The topological polar surface area (TPSA) is 75.8 Å². The van der Waals surface area contributed by atoms with Gasteiger partial charge in [0.15, 0.2) is 0 Å². The van der Waals surface area contributed by atoms with Gasteiger partial charge in [-0.15, -0.1) is 0 Å². The molecule has 0 aliphatic carbocycles. The predicted molar refractivity (Wildman–Crippen MR) is 82.4 cm³/mol. The number of benzene rings is 1. The number of nitro benzene ring substituents is 1. The predicted octanol–water partition coefficient (Wildman–Crippen LogP) is 1.97. The van der Waals surface area contributed by atoms with Gasteiger partial charge >= 0.3 is 0 Å². The number of aliphatic hydroxyl groups excluding tert-OH is 1. The normalized spacial score (nSPS) is 22.6. The van der Waals surface area contributed by atoms with E-state index in [9.17, 15) is 15.2 Å². The number of nitro groups is 1. The summed E-state index contributed by atoms with van der Waals surface area (Å²) < 4.78 is 5.34. The maximum absolute atomic E-state index is 11.0. The van der Waals surface area contributed by atoms with Gasteiger partial charge < -0.3 is 9.84 Å². The Kier molecular flexibility index (Phi) is 4.52. The Morgan fingerprint density at radius 1 is 1.45 bits per heavy atom. The molecule has 2 aliphatic heterocycles. The number of aliphatic hydroxyl groups is 1. The van der Waals surface area contributed by atoms with Crippen LogP contribution in [0.1, 0.15) is 24.0 Å². The molecule has 0 spiro atoms. The molecule has 2 heterocycles. The Morgan fingerprint density at radius 3 is 2.95 bits per heavy atom. The van der Waals surface area contributed by atoms with Gasteiger partial charge in [0, 0.05) is 31.8 Å². The highest BCUT2D eigenvalue weighted by molar-refractivity contribution is 5.70. The van der Waals surface area contributed by atoms with Crippen molar-refractivity contribution in [3.8, 4) is 0 Å². The van der Waals surface area contributed by atoms with Crippen LogP contribution in [0.4, 0.5) is 5.69 Å². The summed E-state index contributed by atoms with van der Waals surface area (Å²) in [6.45, 7) is 3.36. The lowest BCUT2D eigenvalue weighted by Gasteiger charge is -2.20. The van der Waals surface area contributed by atoms with Gasteiger partial charge in [-0.05, 0) is 35.6 Å². The number of hydrogen-bond donors (Lipinski definition) is 1. The van der Waals surface area contributed by atoms with Crippen LogP contribution < -0.4 is 0 Å². The van der Waals surface area contributed by atoms with Crippen molar-refractivity contribution in [2.75, 3.05) is 26.3 Å². The van der Waals surface area contributed by atoms with Crippen LogP contribution in [0, 0.1) is 10.1 Å². The van der Waals surface area contributed by atoms with Crippen LogP contribution in [0.3, 0.4) is 0 Å². The largest absolute Gasteiger partial charge is 0.392 e. The summed E-state index contributed by atoms with van der Waals surface area (Å²) >= 11 is 0. The molecule has 0 bridgehead atoms. The van der Waals surface area contributed by atoms with Gasteiger partial charge in [-0.2, -0.15) is 0 Å². The van der Waals surface area contributed by atoms with Gasteiger partial charge in [-0.3, -0.25) is 15.0 Å².